The Bertz CT molecular complexity index is 886. The zero-order valence-corrected chi connectivity index (χ0v) is 19.2. The Morgan fingerprint density at radius 3 is 2.45 bits per heavy atom. The van der Waals surface area contributed by atoms with Crippen molar-refractivity contribution >= 4 is 30.1 Å². The maximum absolute atomic E-state index is 13.4. The lowest BCUT2D eigenvalue weighted by Gasteiger charge is -2.42. The van der Waals surface area contributed by atoms with E-state index in [9.17, 15) is 18.0 Å². The van der Waals surface area contributed by atoms with Crippen LogP contribution in [0.15, 0.2) is 47.4 Å². The van der Waals surface area contributed by atoms with Gasteiger partial charge in [0.05, 0.1) is 23.8 Å². The second kappa shape index (κ2) is 10.1. The smallest absolute Gasteiger partial charge is 0.416 e. The van der Waals surface area contributed by atoms with Crippen LogP contribution in [0.3, 0.4) is 0 Å². The molecule has 1 atom stereocenters. The molecule has 1 saturated heterocycles. The zero-order chi connectivity index (χ0) is 21.9. The number of piperidine rings is 1. The van der Waals surface area contributed by atoms with E-state index in [-0.39, 0.29) is 28.6 Å². The van der Waals surface area contributed by atoms with E-state index < -0.39 is 23.2 Å². The number of rotatable bonds is 5. The fourth-order valence-electron chi connectivity index (χ4n) is 4.02. The molecule has 1 fully saturated rings. The lowest BCUT2D eigenvalue weighted by Crippen LogP contribution is -2.55. The van der Waals surface area contributed by atoms with Crippen molar-refractivity contribution in [2.75, 3.05) is 33.5 Å². The van der Waals surface area contributed by atoms with Gasteiger partial charge in [0.1, 0.15) is 5.75 Å². The first-order valence-electron chi connectivity index (χ1n) is 9.60. The summed E-state index contributed by atoms with van der Waals surface area (Å²) >= 11 is 1.09. The molecule has 1 N–H and O–H groups in total. The van der Waals surface area contributed by atoms with E-state index in [1.807, 2.05) is 37.4 Å². The second-order valence-electron chi connectivity index (χ2n) is 7.50. The first kappa shape index (κ1) is 25.4. The van der Waals surface area contributed by atoms with Crippen LogP contribution in [0, 0.1) is 0 Å². The summed E-state index contributed by atoms with van der Waals surface area (Å²) in [5.41, 5.74) is -0.368. The third-order valence-electron chi connectivity index (χ3n) is 5.42. The number of methoxy groups -OCH3 is 1. The number of thioether (sulfide) groups is 1. The van der Waals surface area contributed by atoms with Gasteiger partial charge in [0.25, 0.3) is 5.91 Å². The van der Waals surface area contributed by atoms with E-state index in [1.165, 1.54) is 7.11 Å². The molecule has 2 aromatic rings. The van der Waals surface area contributed by atoms with Gasteiger partial charge in [-0.1, -0.05) is 30.3 Å². The number of likely N-dealkylation sites (tertiary alicyclic amines) is 1. The number of benzene rings is 2. The number of alkyl halides is 3. The van der Waals surface area contributed by atoms with Gasteiger partial charge in [-0.3, -0.25) is 4.79 Å². The first-order chi connectivity index (χ1) is 14.2. The highest BCUT2D eigenvalue weighted by atomic mass is 35.5. The average Bonchev–Trinajstić information content (AvgIpc) is 2.72. The van der Waals surface area contributed by atoms with Crippen molar-refractivity contribution in [3.63, 3.8) is 0 Å². The highest BCUT2D eigenvalue weighted by Crippen LogP contribution is 2.39. The predicted molar refractivity (Wildman–Crippen MR) is 119 cm³/mol. The van der Waals surface area contributed by atoms with Crippen LogP contribution in [0.5, 0.6) is 5.75 Å². The second-order valence-corrected chi connectivity index (χ2v) is 8.35. The number of carbonyl (C=O) groups excluding carboxylic acids is 1. The van der Waals surface area contributed by atoms with E-state index in [4.69, 9.17) is 4.74 Å². The maximum atomic E-state index is 13.4. The SMILES string of the molecule is COc1cc(C(F)(F)F)cc(SC)c1C(=O)N[C@]1(c2ccccc2)CCCN(C)C1.Cl. The Labute approximate surface area is 190 Å². The molecule has 9 heteroatoms. The minimum absolute atomic E-state index is 0. The molecular formula is C22H26ClF3N2O2S. The van der Waals surface area contributed by atoms with Gasteiger partial charge in [0, 0.05) is 11.4 Å². The molecule has 0 aromatic heterocycles. The molecule has 170 valence electrons. The minimum atomic E-state index is -4.52. The molecule has 0 saturated carbocycles. The van der Waals surface area contributed by atoms with E-state index in [0.29, 0.717) is 6.54 Å². The number of ether oxygens (including phenoxy) is 1. The number of hydrogen-bond acceptors (Lipinski definition) is 4. The van der Waals surface area contributed by atoms with Crippen LogP contribution in [0.25, 0.3) is 0 Å². The quantitative estimate of drug-likeness (QED) is 0.604. The van der Waals surface area contributed by atoms with Gasteiger partial charge in [-0.2, -0.15) is 13.2 Å². The van der Waals surface area contributed by atoms with Crippen molar-refractivity contribution in [3.05, 3.63) is 59.2 Å². The van der Waals surface area contributed by atoms with Crippen LogP contribution in [0.2, 0.25) is 0 Å². The van der Waals surface area contributed by atoms with E-state index in [0.717, 1.165) is 48.8 Å². The fourth-order valence-corrected chi connectivity index (χ4v) is 4.66. The third-order valence-corrected chi connectivity index (χ3v) is 6.18. The van der Waals surface area contributed by atoms with Gasteiger partial charge in [-0.05, 0) is 50.4 Å². The normalized spacial score (nSPS) is 19.4. The molecule has 3 rings (SSSR count). The van der Waals surface area contributed by atoms with Crippen molar-refractivity contribution in [2.45, 2.75) is 29.5 Å². The summed E-state index contributed by atoms with van der Waals surface area (Å²) in [6.45, 7) is 1.53. The van der Waals surface area contributed by atoms with Crippen molar-refractivity contribution < 1.29 is 22.7 Å². The van der Waals surface area contributed by atoms with Crippen LogP contribution in [0.1, 0.15) is 34.3 Å². The summed E-state index contributed by atoms with van der Waals surface area (Å²) < 4.78 is 45.1. The summed E-state index contributed by atoms with van der Waals surface area (Å²) in [6, 6.07) is 11.6. The van der Waals surface area contributed by atoms with Gasteiger partial charge >= 0.3 is 6.18 Å². The monoisotopic (exact) mass is 474 g/mol. The number of likely N-dealkylation sites (N-methyl/N-ethyl adjacent to an activating group) is 1. The van der Waals surface area contributed by atoms with Crippen LogP contribution >= 0.6 is 24.2 Å². The van der Waals surface area contributed by atoms with Crippen LogP contribution in [0.4, 0.5) is 13.2 Å². The molecule has 0 unspecified atom stereocenters. The highest BCUT2D eigenvalue weighted by molar-refractivity contribution is 7.98. The molecule has 0 bridgehead atoms. The standard InChI is InChI=1S/C22H25F3N2O2S.ClH/c1-27-11-7-10-21(14-27,15-8-5-4-6-9-15)26-20(28)19-17(29-2)12-16(22(23,24)25)13-18(19)30-3;/h4-6,8-9,12-13H,7,10-11,14H2,1-3H3,(H,26,28);1H/t21-;/m1./s1. The van der Waals surface area contributed by atoms with Crippen molar-refractivity contribution in [3.8, 4) is 5.75 Å². The lowest BCUT2D eigenvalue weighted by atomic mass is 9.82. The number of hydrogen-bond donors (Lipinski definition) is 1. The molecule has 0 aliphatic carbocycles. The Morgan fingerprint density at radius 1 is 1.23 bits per heavy atom. The number of carbonyl (C=O) groups is 1. The van der Waals surface area contributed by atoms with Crippen LogP contribution < -0.4 is 10.1 Å². The van der Waals surface area contributed by atoms with E-state index in [1.54, 1.807) is 6.26 Å². The minimum Gasteiger partial charge on any atom is -0.496 e. The van der Waals surface area contributed by atoms with Gasteiger partial charge in [-0.25, -0.2) is 0 Å². The number of halogens is 4. The average molecular weight is 475 g/mol. The van der Waals surface area contributed by atoms with E-state index >= 15 is 0 Å². The lowest BCUT2D eigenvalue weighted by molar-refractivity contribution is -0.137. The molecule has 31 heavy (non-hydrogen) atoms. The van der Waals surface area contributed by atoms with Gasteiger partial charge in [0.2, 0.25) is 0 Å². The third kappa shape index (κ3) is 5.48. The van der Waals surface area contributed by atoms with Crippen LogP contribution in [-0.2, 0) is 11.7 Å². The topological polar surface area (TPSA) is 41.6 Å². The zero-order valence-electron chi connectivity index (χ0n) is 17.6. The Kier molecular flexibility index (Phi) is 8.30. The van der Waals surface area contributed by atoms with Crippen LogP contribution in [-0.4, -0.2) is 44.3 Å². The van der Waals surface area contributed by atoms with Gasteiger partial charge in [0.15, 0.2) is 0 Å². The largest absolute Gasteiger partial charge is 0.496 e. The van der Waals surface area contributed by atoms with E-state index in [2.05, 4.69) is 10.2 Å². The first-order valence-corrected chi connectivity index (χ1v) is 10.8. The fraction of sp³-hybridized carbons (Fsp3) is 0.409. The summed E-state index contributed by atoms with van der Waals surface area (Å²) in [4.78, 5) is 15.8. The molecule has 0 radical (unpaired) electrons. The van der Waals surface area contributed by atoms with Crippen molar-refractivity contribution in [1.29, 1.82) is 0 Å². The molecular weight excluding hydrogens is 449 g/mol. The van der Waals surface area contributed by atoms with Gasteiger partial charge in [-0.15, -0.1) is 24.2 Å². The molecule has 0 spiro atoms. The summed E-state index contributed by atoms with van der Waals surface area (Å²) in [6.07, 6.45) is -1.24. The Morgan fingerprint density at radius 2 is 1.90 bits per heavy atom. The van der Waals surface area contributed by atoms with Crippen molar-refractivity contribution in [2.24, 2.45) is 0 Å². The summed E-state index contributed by atoms with van der Waals surface area (Å²) in [7, 11) is 3.27. The molecule has 1 amide bonds. The molecule has 1 heterocycles. The number of nitrogens with one attached hydrogen (secondary N) is 1. The number of nitrogens with zero attached hydrogens (tertiary/aromatic N) is 1. The molecule has 4 nitrogen and oxygen atoms in total. The van der Waals surface area contributed by atoms with Crippen molar-refractivity contribution in [1.82, 2.24) is 10.2 Å². The summed E-state index contributed by atoms with van der Waals surface area (Å²) in [5.74, 6) is -0.525. The summed E-state index contributed by atoms with van der Waals surface area (Å²) in [5, 5.41) is 3.15. The molecule has 2 aromatic carbocycles. The highest BCUT2D eigenvalue weighted by Gasteiger charge is 2.39. The Balaban J connectivity index is 0.00000341. The molecule has 1 aliphatic rings. The Hall–Kier alpha value is -1.90. The maximum Gasteiger partial charge on any atom is 0.416 e. The predicted octanol–water partition coefficient (Wildman–Crippen LogP) is 5.21. The van der Waals surface area contributed by atoms with Gasteiger partial charge < -0.3 is 15.0 Å². The molecule has 1 aliphatic heterocycles. The number of amides is 1.